The average Bonchev–Trinajstić information content (AvgIpc) is 3.34. The Hall–Kier alpha value is -3.07. The molecule has 1 amide bonds. The standard InChI is InChI=1S/C19H17N3O5S/c23-17-19(7-1-2-8-19)13-9-11(3-5-14(13)20-17)22-28(25,26)12-4-6-15-16(10-12)27-18(24)21-15/h3-6,9-10,22H,1-2,7-8H2,(H,20,23)(H,21,24). The molecule has 2 aliphatic rings. The van der Waals surface area contributed by atoms with Gasteiger partial charge >= 0.3 is 5.76 Å². The van der Waals surface area contributed by atoms with Gasteiger partial charge in [0, 0.05) is 17.4 Å². The molecule has 1 spiro atoms. The van der Waals surface area contributed by atoms with Crippen LogP contribution in [-0.4, -0.2) is 19.3 Å². The number of benzene rings is 2. The summed E-state index contributed by atoms with van der Waals surface area (Å²) in [5, 5.41) is 2.91. The van der Waals surface area contributed by atoms with Crippen LogP contribution in [0.4, 0.5) is 11.4 Å². The predicted molar refractivity (Wildman–Crippen MR) is 103 cm³/mol. The van der Waals surface area contributed by atoms with Crippen LogP contribution in [0.2, 0.25) is 0 Å². The maximum Gasteiger partial charge on any atom is 0.417 e. The fourth-order valence-electron chi connectivity index (χ4n) is 4.26. The molecule has 5 rings (SSSR count). The average molecular weight is 399 g/mol. The highest BCUT2D eigenvalue weighted by Gasteiger charge is 2.48. The summed E-state index contributed by atoms with van der Waals surface area (Å²) in [5.74, 6) is -0.650. The van der Waals surface area contributed by atoms with E-state index in [4.69, 9.17) is 4.42 Å². The number of hydrogen-bond donors (Lipinski definition) is 3. The predicted octanol–water partition coefficient (Wildman–Crippen LogP) is 2.69. The maximum absolute atomic E-state index is 12.8. The van der Waals surface area contributed by atoms with Gasteiger partial charge in [0.05, 0.1) is 15.8 Å². The van der Waals surface area contributed by atoms with Gasteiger partial charge in [0.2, 0.25) is 5.91 Å². The zero-order valence-corrected chi connectivity index (χ0v) is 15.6. The monoisotopic (exact) mass is 399 g/mol. The molecule has 28 heavy (non-hydrogen) atoms. The van der Waals surface area contributed by atoms with E-state index in [1.165, 1.54) is 18.2 Å². The third-order valence-electron chi connectivity index (χ3n) is 5.63. The summed E-state index contributed by atoms with van der Waals surface area (Å²) in [7, 11) is -3.89. The zero-order chi connectivity index (χ0) is 19.5. The number of H-pyrrole nitrogens is 1. The summed E-state index contributed by atoms with van der Waals surface area (Å²) in [5.41, 5.74) is 2.02. The van der Waals surface area contributed by atoms with Crippen LogP contribution < -0.4 is 15.8 Å². The Balaban J connectivity index is 1.51. The molecular formula is C19H17N3O5S. The minimum atomic E-state index is -3.89. The van der Waals surface area contributed by atoms with E-state index in [1.807, 2.05) is 0 Å². The molecule has 0 radical (unpaired) electrons. The van der Waals surface area contributed by atoms with Crippen LogP contribution >= 0.6 is 0 Å². The van der Waals surface area contributed by atoms with Gasteiger partial charge in [-0.15, -0.1) is 0 Å². The fraction of sp³-hybridized carbons (Fsp3) is 0.263. The van der Waals surface area contributed by atoms with Gasteiger partial charge in [0.1, 0.15) is 0 Å². The van der Waals surface area contributed by atoms with E-state index in [0.29, 0.717) is 11.2 Å². The molecule has 1 saturated carbocycles. The summed E-state index contributed by atoms with van der Waals surface area (Å²) < 4.78 is 33.1. The Bertz CT molecular complexity index is 1280. The van der Waals surface area contributed by atoms with Crippen LogP contribution in [0, 0.1) is 0 Å². The van der Waals surface area contributed by atoms with E-state index in [-0.39, 0.29) is 16.4 Å². The number of oxazole rings is 1. The highest BCUT2D eigenvalue weighted by Crippen LogP contribution is 2.49. The normalized spacial score (nSPS) is 17.8. The lowest BCUT2D eigenvalue weighted by molar-refractivity contribution is -0.120. The van der Waals surface area contributed by atoms with E-state index in [2.05, 4.69) is 15.0 Å². The van der Waals surface area contributed by atoms with Crippen LogP contribution in [0.25, 0.3) is 11.1 Å². The molecule has 9 heteroatoms. The number of nitrogens with one attached hydrogen (secondary N) is 3. The molecule has 2 aromatic carbocycles. The molecule has 0 bridgehead atoms. The first kappa shape index (κ1) is 17.1. The Morgan fingerprint density at radius 1 is 1.04 bits per heavy atom. The minimum Gasteiger partial charge on any atom is -0.408 e. The van der Waals surface area contributed by atoms with E-state index in [0.717, 1.165) is 36.9 Å². The second-order valence-corrected chi connectivity index (χ2v) is 8.96. The van der Waals surface area contributed by atoms with Crippen LogP contribution in [0.3, 0.4) is 0 Å². The first-order valence-corrected chi connectivity index (χ1v) is 10.5. The van der Waals surface area contributed by atoms with Gasteiger partial charge < -0.3 is 9.73 Å². The van der Waals surface area contributed by atoms with Gasteiger partial charge in [0.25, 0.3) is 10.0 Å². The third-order valence-corrected chi connectivity index (χ3v) is 7.01. The lowest BCUT2D eigenvalue weighted by Crippen LogP contribution is -2.31. The molecule has 1 aliphatic carbocycles. The van der Waals surface area contributed by atoms with Gasteiger partial charge in [-0.1, -0.05) is 12.8 Å². The van der Waals surface area contributed by atoms with Crippen molar-refractivity contribution in [1.82, 2.24) is 4.98 Å². The fourth-order valence-corrected chi connectivity index (χ4v) is 5.32. The number of anilines is 2. The lowest BCUT2D eigenvalue weighted by Gasteiger charge is -2.21. The number of sulfonamides is 1. The van der Waals surface area contributed by atoms with Crippen molar-refractivity contribution in [2.24, 2.45) is 0 Å². The second kappa shape index (κ2) is 5.71. The quantitative estimate of drug-likeness (QED) is 0.625. The van der Waals surface area contributed by atoms with Gasteiger partial charge in [-0.25, -0.2) is 13.2 Å². The van der Waals surface area contributed by atoms with E-state index in [1.54, 1.807) is 18.2 Å². The van der Waals surface area contributed by atoms with Crippen molar-refractivity contribution in [3.8, 4) is 0 Å². The Kier molecular flexibility index (Phi) is 3.48. The van der Waals surface area contributed by atoms with Crippen molar-refractivity contribution in [3.63, 3.8) is 0 Å². The molecule has 144 valence electrons. The van der Waals surface area contributed by atoms with Crippen molar-refractivity contribution in [3.05, 3.63) is 52.5 Å². The van der Waals surface area contributed by atoms with Crippen molar-refractivity contribution < 1.29 is 17.6 Å². The number of rotatable bonds is 3. The van der Waals surface area contributed by atoms with Crippen LogP contribution in [0.5, 0.6) is 0 Å². The van der Waals surface area contributed by atoms with Crippen molar-refractivity contribution in [1.29, 1.82) is 0 Å². The van der Waals surface area contributed by atoms with E-state index in [9.17, 15) is 18.0 Å². The van der Waals surface area contributed by atoms with Crippen molar-refractivity contribution in [2.75, 3.05) is 10.0 Å². The first-order valence-electron chi connectivity index (χ1n) is 8.99. The molecule has 2 heterocycles. The lowest BCUT2D eigenvalue weighted by atomic mass is 9.80. The summed E-state index contributed by atoms with van der Waals surface area (Å²) in [6, 6.07) is 9.27. The second-order valence-electron chi connectivity index (χ2n) is 7.28. The minimum absolute atomic E-state index is 0.00653. The largest absolute Gasteiger partial charge is 0.417 e. The smallest absolute Gasteiger partial charge is 0.408 e. The number of aromatic amines is 1. The third kappa shape index (κ3) is 2.46. The zero-order valence-electron chi connectivity index (χ0n) is 14.7. The highest BCUT2D eigenvalue weighted by atomic mass is 32.2. The Morgan fingerprint density at radius 3 is 2.61 bits per heavy atom. The first-order chi connectivity index (χ1) is 13.4. The molecule has 1 fully saturated rings. The number of carbonyl (C=O) groups is 1. The van der Waals surface area contributed by atoms with Crippen LogP contribution in [-0.2, 0) is 20.2 Å². The van der Waals surface area contributed by atoms with Crippen LogP contribution in [0.15, 0.2) is 50.5 Å². The summed E-state index contributed by atoms with van der Waals surface area (Å²) in [4.78, 5) is 26.2. The number of hydrogen-bond acceptors (Lipinski definition) is 5. The maximum atomic E-state index is 12.8. The van der Waals surface area contributed by atoms with Gasteiger partial charge in [-0.05, 0) is 48.7 Å². The molecule has 0 unspecified atom stereocenters. The van der Waals surface area contributed by atoms with Gasteiger partial charge in [-0.2, -0.15) is 0 Å². The number of carbonyl (C=O) groups excluding carboxylic acids is 1. The summed E-state index contributed by atoms with van der Waals surface area (Å²) >= 11 is 0. The molecule has 0 atom stereocenters. The van der Waals surface area contributed by atoms with Crippen molar-refractivity contribution >= 4 is 38.4 Å². The molecule has 1 aliphatic heterocycles. The summed E-state index contributed by atoms with van der Waals surface area (Å²) in [6.07, 6.45) is 3.49. The van der Waals surface area contributed by atoms with E-state index < -0.39 is 21.2 Å². The topological polar surface area (TPSA) is 121 Å². The SMILES string of the molecule is O=C1Nc2ccc(NS(=O)(=O)c3ccc4[nH]c(=O)oc4c3)cc2C12CCCC2. The van der Waals surface area contributed by atoms with Gasteiger partial charge in [0.15, 0.2) is 5.58 Å². The van der Waals surface area contributed by atoms with Gasteiger partial charge in [-0.3, -0.25) is 14.5 Å². The highest BCUT2D eigenvalue weighted by molar-refractivity contribution is 7.92. The Morgan fingerprint density at radius 2 is 1.82 bits per heavy atom. The molecule has 3 aromatic rings. The molecule has 1 aromatic heterocycles. The number of aromatic nitrogens is 1. The molecular weight excluding hydrogens is 382 g/mol. The van der Waals surface area contributed by atoms with Crippen molar-refractivity contribution in [2.45, 2.75) is 36.0 Å². The number of amides is 1. The Labute approximate surface area is 160 Å². The molecule has 8 nitrogen and oxygen atoms in total. The van der Waals surface area contributed by atoms with E-state index >= 15 is 0 Å². The summed E-state index contributed by atoms with van der Waals surface area (Å²) in [6.45, 7) is 0. The molecule has 3 N–H and O–H groups in total. The van der Waals surface area contributed by atoms with Crippen LogP contribution in [0.1, 0.15) is 31.2 Å². The number of fused-ring (bicyclic) bond motifs is 3. The molecule has 0 saturated heterocycles.